The molecule has 2 heteroatoms. The van der Waals surface area contributed by atoms with Crippen molar-refractivity contribution in [3.63, 3.8) is 0 Å². The average Bonchev–Trinajstić information content (AvgIpc) is 2.27. The molecule has 0 bridgehead atoms. The average molecular weight is 226 g/mol. The maximum atomic E-state index is 3.26. The molecule has 1 heterocycles. The van der Waals surface area contributed by atoms with E-state index in [0.29, 0.717) is 0 Å². The van der Waals surface area contributed by atoms with Gasteiger partial charge in [-0.15, -0.1) is 0 Å². The van der Waals surface area contributed by atoms with Crippen molar-refractivity contribution in [1.82, 2.24) is 10.2 Å². The van der Waals surface area contributed by atoms with Crippen molar-refractivity contribution < 1.29 is 0 Å². The summed E-state index contributed by atoms with van der Waals surface area (Å²) in [5.74, 6) is 1.85. The third kappa shape index (κ3) is 5.86. The molecule has 0 aliphatic carbocycles. The highest BCUT2D eigenvalue weighted by Crippen LogP contribution is 2.20. The lowest BCUT2D eigenvalue weighted by atomic mass is 9.93. The molecular weight excluding hydrogens is 196 g/mol. The van der Waals surface area contributed by atoms with Crippen molar-refractivity contribution in [3.05, 3.63) is 0 Å². The molecule has 1 fully saturated rings. The highest BCUT2D eigenvalue weighted by Gasteiger charge is 2.18. The molecule has 1 saturated heterocycles. The van der Waals surface area contributed by atoms with Crippen LogP contribution in [-0.2, 0) is 0 Å². The van der Waals surface area contributed by atoms with Gasteiger partial charge in [-0.1, -0.05) is 13.8 Å². The molecule has 0 aromatic carbocycles. The van der Waals surface area contributed by atoms with Crippen molar-refractivity contribution in [3.8, 4) is 0 Å². The van der Waals surface area contributed by atoms with Crippen LogP contribution in [0.3, 0.4) is 0 Å². The van der Waals surface area contributed by atoms with Gasteiger partial charge in [-0.3, -0.25) is 0 Å². The van der Waals surface area contributed by atoms with Crippen molar-refractivity contribution in [2.24, 2.45) is 11.8 Å². The SMILES string of the molecule is CNCCC1CCN(CCCC(C)C)CC1. The molecule has 0 atom stereocenters. The van der Waals surface area contributed by atoms with E-state index in [0.717, 1.165) is 11.8 Å². The fourth-order valence-electron chi connectivity index (χ4n) is 2.57. The Bertz CT molecular complexity index is 160. The predicted octanol–water partition coefficient (Wildman–Crippen LogP) is 2.74. The summed E-state index contributed by atoms with van der Waals surface area (Å²) in [6.45, 7) is 9.85. The van der Waals surface area contributed by atoms with Gasteiger partial charge >= 0.3 is 0 Å². The number of likely N-dealkylation sites (tertiary alicyclic amines) is 1. The zero-order valence-corrected chi connectivity index (χ0v) is 11.5. The van der Waals surface area contributed by atoms with Gasteiger partial charge in [-0.05, 0) is 77.2 Å². The first-order valence-electron chi connectivity index (χ1n) is 7.09. The van der Waals surface area contributed by atoms with Gasteiger partial charge in [0.25, 0.3) is 0 Å². The molecule has 0 unspecified atom stereocenters. The number of hydrogen-bond acceptors (Lipinski definition) is 2. The zero-order chi connectivity index (χ0) is 11.8. The van der Waals surface area contributed by atoms with Gasteiger partial charge in [-0.2, -0.15) is 0 Å². The number of hydrogen-bond donors (Lipinski definition) is 1. The lowest BCUT2D eigenvalue weighted by Crippen LogP contribution is -2.35. The number of nitrogens with one attached hydrogen (secondary N) is 1. The Labute approximate surface area is 102 Å². The first kappa shape index (κ1) is 14.0. The summed E-state index contributed by atoms with van der Waals surface area (Å²) in [4.78, 5) is 2.66. The van der Waals surface area contributed by atoms with Gasteiger partial charge in [-0.25, -0.2) is 0 Å². The summed E-state index contributed by atoms with van der Waals surface area (Å²) in [5, 5.41) is 3.26. The second kappa shape index (κ2) is 8.08. The molecule has 96 valence electrons. The molecule has 1 aliphatic heterocycles. The molecule has 0 spiro atoms. The van der Waals surface area contributed by atoms with Gasteiger partial charge in [0.15, 0.2) is 0 Å². The fraction of sp³-hybridized carbons (Fsp3) is 1.00. The summed E-state index contributed by atoms with van der Waals surface area (Å²) in [5.41, 5.74) is 0. The molecule has 2 nitrogen and oxygen atoms in total. The fourth-order valence-corrected chi connectivity index (χ4v) is 2.57. The van der Waals surface area contributed by atoms with E-state index in [4.69, 9.17) is 0 Å². The van der Waals surface area contributed by atoms with E-state index in [-0.39, 0.29) is 0 Å². The first-order chi connectivity index (χ1) is 7.72. The van der Waals surface area contributed by atoms with Crippen molar-refractivity contribution in [2.75, 3.05) is 33.2 Å². The molecule has 16 heavy (non-hydrogen) atoms. The minimum atomic E-state index is 0.869. The molecular formula is C14H30N2. The molecule has 0 saturated carbocycles. The smallest absolute Gasteiger partial charge is 0.00161 e. The topological polar surface area (TPSA) is 15.3 Å². The standard InChI is InChI=1S/C14H30N2/c1-13(2)5-4-10-16-11-7-14(8-12-16)6-9-15-3/h13-15H,4-12H2,1-3H3. The van der Waals surface area contributed by atoms with Crippen LogP contribution in [0, 0.1) is 11.8 Å². The quantitative estimate of drug-likeness (QED) is 0.718. The van der Waals surface area contributed by atoms with Crippen LogP contribution < -0.4 is 5.32 Å². The van der Waals surface area contributed by atoms with Crippen molar-refractivity contribution in [2.45, 2.75) is 46.0 Å². The van der Waals surface area contributed by atoms with Crippen LogP contribution in [0.5, 0.6) is 0 Å². The largest absolute Gasteiger partial charge is 0.320 e. The molecule has 1 N–H and O–H groups in total. The van der Waals surface area contributed by atoms with Crippen LogP contribution in [0.1, 0.15) is 46.0 Å². The molecule has 0 amide bonds. The van der Waals surface area contributed by atoms with E-state index >= 15 is 0 Å². The lowest BCUT2D eigenvalue weighted by Gasteiger charge is -2.32. The van der Waals surface area contributed by atoms with E-state index in [2.05, 4.69) is 31.1 Å². The third-order valence-electron chi connectivity index (χ3n) is 3.77. The maximum Gasteiger partial charge on any atom is -0.00161 e. The van der Waals surface area contributed by atoms with Crippen LogP contribution in [0.25, 0.3) is 0 Å². The zero-order valence-electron chi connectivity index (χ0n) is 11.5. The summed E-state index contributed by atoms with van der Waals surface area (Å²) < 4.78 is 0. The van der Waals surface area contributed by atoms with E-state index in [9.17, 15) is 0 Å². The van der Waals surface area contributed by atoms with E-state index in [1.165, 1.54) is 58.3 Å². The van der Waals surface area contributed by atoms with Crippen molar-refractivity contribution >= 4 is 0 Å². The monoisotopic (exact) mass is 226 g/mol. The molecule has 1 rings (SSSR count). The van der Waals surface area contributed by atoms with Crippen molar-refractivity contribution in [1.29, 1.82) is 0 Å². The second-order valence-electron chi connectivity index (χ2n) is 5.71. The van der Waals surface area contributed by atoms with E-state index in [1.54, 1.807) is 0 Å². The Hall–Kier alpha value is -0.0800. The number of piperidine rings is 1. The summed E-state index contributed by atoms with van der Waals surface area (Å²) >= 11 is 0. The second-order valence-corrected chi connectivity index (χ2v) is 5.71. The third-order valence-corrected chi connectivity index (χ3v) is 3.77. The van der Waals surface area contributed by atoms with Crippen LogP contribution >= 0.6 is 0 Å². The minimum absolute atomic E-state index is 0.869. The molecule has 0 radical (unpaired) electrons. The van der Waals surface area contributed by atoms with Gasteiger partial charge in [0, 0.05) is 0 Å². The first-order valence-corrected chi connectivity index (χ1v) is 7.09. The van der Waals surface area contributed by atoms with Crippen LogP contribution in [0.2, 0.25) is 0 Å². The van der Waals surface area contributed by atoms with Gasteiger partial charge in [0.05, 0.1) is 0 Å². The number of nitrogens with zero attached hydrogens (tertiary/aromatic N) is 1. The summed E-state index contributed by atoms with van der Waals surface area (Å²) in [6.07, 6.45) is 6.99. The highest BCUT2D eigenvalue weighted by atomic mass is 15.1. The van der Waals surface area contributed by atoms with Gasteiger partial charge < -0.3 is 10.2 Å². The Morgan fingerprint density at radius 3 is 2.50 bits per heavy atom. The van der Waals surface area contributed by atoms with E-state index < -0.39 is 0 Å². The van der Waals surface area contributed by atoms with Gasteiger partial charge in [0.2, 0.25) is 0 Å². The van der Waals surface area contributed by atoms with Crippen LogP contribution in [0.4, 0.5) is 0 Å². The summed E-state index contributed by atoms with van der Waals surface area (Å²) in [6, 6.07) is 0. The Kier molecular flexibility index (Phi) is 7.06. The Morgan fingerprint density at radius 1 is 1.25 bits per heavy atom. The van der Waals surface area contributed by atoms with Crippen LogP contribution in [-0.4, -0.2) is 38.1 Å². The van der Waals surface area contributed by atoms with E-state index in [1.807, 2.05) is 0 Å². The normalized spacial score (nSPS) is 19.5. The molecule has 1 aliphatic rings. The van der Waals surface area contributed by atoms with Gasteiger partial charge in [0.1, 0.15) is 0 Å². The molecule has 0 aromatic rings. The lowest BCUT2D eigenvalue weighted by molar-refractivity contribution is 0.175. The van der Waals surface area contributed by atoms with Crippen LogP contribution in [0.15, 0.2) is 0 Å². The maximum absolute atomic E-state index is 3.26. The Morgan fingerprint density at radius 2 is 1.94 bits per heavy atom. The Balaban J connectivity index is 2.03. The summed E-state index contributed by atoms with van der Waals surface area (Å²) in [7, 11) is 2.06. The minimum Gasteiger partial charge on any atom is -0.320 e. The highest BCUT2D eigenvalue weighted by molar-refractivity contribution is 4.72. The molecule has 0 aromatic heterocycles. The predicted molar refractivity (Wildman–Crippen MR) is 71.8 cm³/mol. The number of rotatable bonds is 7.